The summed E-state index contributed by atoms with van der Waals surface area (Å²) in [7, 11) is 0. The number of ether oxygens (including phenoxy) is 1. The number of benzene rings is 2. The van der Waals surface area contributed by atoms with Gasteiger partial charge in [0.2, 0.25) is 10.7 Å². The lowest BCUT2D eigenvalue weighted by Gasteiger charge is -2.31. The molecule has 2 aliphatic heterocycles. The zero-order valence-electron chi connectivity index (χ0n) is 26.2. The van der Waals surface area contributed by atoms with Crippen LogP contribution in [0, 0.1) is 29.0 Å². The van der Waals surface area contributed by atoms with Crippen LogP contribution in [0.3, 0.4) is 0 Å². The first-order valence-electron chi connectivity index (χ1n) is 14.3. The maximum atomic E-state index is 14.5. The van der Waals surface area contributed by atoms with Gasteiger partial charge in [-0.2, -0.15) is 4.37 Å². The Bertz CT molecular complexity index is 1650. The molecule has 1 N–H and O–H groups in total. The molecular weight excluding hydrogens is 645 g/mol. The van der Waals surface area contributed by atoms with Crippen LogP contribution in [0.2, 0.25) is 0 Å². The van der Waals surface area contributed by atoms with E-state index in [2.05, 4.69) is 50.4 Å². The first-order valence-corrected chi connectivity index (χ1v) is 16.0. The standard InChI is InChI=1S/C18H17FN4O2S.C15H22BrNO/c1-4-5-22-13-7-12(11(19)6-14(13)25-9-16(22)24)20-17-23-10-18(2,3)8-15(23)21-26-17;1-14(2,3)12(16)13(18)17-15(4,5)11-9-7-6-8-10-11/h1,6-7H,5,8-10H2,2-3H3;6-10,12H,1-5H3,(H,17,18)/b20-17-;. The predicted molar refractivity (Wildman–Crippen MR) is 176 cm³/mol. The zero-order chi connectivity index (χ0) is 32.4. The van der Waals surface area contributed by atoms with E-state index >= 15 is 0 Å². The maximum Gasteiger partial charge on any atom is 0.265 e. The number of halogens is 2. The highest BCUT2D eigenvalue weighted by molar-refractivity contribution is 9.10. The number of amides is 2. The van der Waals surface area contributed by atoms with Crippen molar-refractivity contribution in [2.45, 2.75) is 71.8 Å². The summed E-state index contributed by atoms with van der Waals surface area (Å²) in [6.45, 7) is 15.2. The molecule has 11 heteroatoms. The van der Waals surface area contributed by atoms with E-state index in [4.69, 9.17) is 11.2 Å². The number of nitrogens with one attached hydrogen (secondary N) is 1. The van der Waals surface area contributed by atoms with Crippen molar-refractivity contribution >= 4 is 50.7 Å². The minimum atomic E-state index is -0.515. The molecule has 44 heavy (non-hydrogen) atoms. The van der Waals surface area contributed by atoms with Crippen molar-refractivity contribution in [3.8, 4) is 18.1 Å². The van der Waals surface area contributed by atoms with E-state index in [1.54, 1.807) is 0 Å². The van der Waals surface area contributed by atoms with Crippen molar-refractivity contribution in [2.75, 3.05) is 18.1 Å². The first-order chi connectivity index (χ1) is 20.5. The van der Waals surface area contributed by atoms with Gasteiger partial charge in [0.1, 0.15) is 17.3 Å². The number of carbonyl (C=O) groups excluding carboxylic acids is 2. The van der Waals surface area contributed by atoms with E-state index in [0.717, 1.165) is 24.4 Å². The zero-order valence-corrected chi connectivity index (χ0v) is 28.6. The number of terminal acetylenes is 1. The minimum Gasteiger partial charge on any atom is -0.481 e. The average Bonchev–Trinajstić information content (AvgIpc) is 3.45. The molecule has 5 rings (SSSR count). The van der Waals surface area contributed by atoms with Crippen molar-refractivity contribution in [2.24, 2.45) is 15.8 Å². The van der Waals surface area contributed by atoms with Gasteiger partial charge in [-0.05, 0) is 36.3 Å². The number of rotatable bonds is 5. The summed E-state index contributed by atoms with van der Waals surface area (Å²) in [6.07, 6.45) is 6.22. The number of carbonyl (C=O) groups is 2. The summed E-state index contributed by atoms with van der Waals surface area (Å²) in [4.78, 5) is 30.6. The average molecular weight is 685 g/mol. The topological polar surface area (TPSA) is 88.8 Å². The van der Waals surface area contributed by atoms with E-state index in [0.29, 0.717) is 16.2 Å². The molecule has 1 aromatic heterocycles. The lowest BCUT2D eigenvalue weighted by atomic mass is 9.89. The van der Waals surface area contributed by atoms with Gasteiger partial charge in [0.25, 0.3) is 5.91 Å². The van der Waals surface area contributed by atoms with E-state index in [9.17, 15) is 14.0 Å². The van der Waals surface area contributed by atoms with Crippen molar-refractivity contribution < 1.29 is 18.7 Å². The highest BCUT2D eigenvalue weighted by Crippen LogP contribution is 2.37. The molecule has 2 amide bonds. The molecule has 0 bridgehead atoms. The van der Waals surface area contributed by atoms with Crippen molar-refractivity contribution in [3.05, 3.63) is 64.5 Å². The molecule has 0 radical (unpaired) electrons. The Kier molecular flexibility index (Phi) is 9.76. The molecule has 2 aliphatic rings. The van der Waals surface area contributed by atoms with Crippen LogP contribution in [0.1, 0.15) is 59.9 Å². The monoisotopic (exact) mass is 683 g/mol. The normalized spacial score (nSPS) is 16.6. The summed E-state index contributed by atoms with van der Waals surface area (Å²) in [5.41, 5.74) is 1.32. The number of hydrogen-bond donors (Lipinski definition) is 1. The summed E-state index contributed by atoms with van der Waals surface area (Å²) >= 11 is 4.72. The molecule has 234 valence electrons. The smallest absolute Gasteiger partial charge is 0.265 e. The summed E-state index contributed by atoms with van der Waals surface area (Å²) < 4.78 is 26.3. The third-order valence-corrected chi connectivity index (χ3v) is 9.92. The molecule has 3 aromatic rings. The van der Waals surface area contributed by atoms with Gasteiger partial charge < -0.3 is 14.6 Å². The quantitative estimate of drug-likeness (QED) is 0.260. The van der Waals surface area contributed by atoms with E-state index in [1.165, 1.54) is 28.6 Å². The van der Waals surface area contributed by atoms with Gasteiger partial charge in [0.05, 0.1) is 22.6 Å². The van der Waals surface area contributed by atoms with Crippen LogP contribution in [0.5, 0.6) is 5.75 Å². The molecule has 0 spiro atoms. The van der Waals surface area contributed by atoms with Crippen molar-refractivity contribution in [3.63, 3.8) is 0 Å². The Morgan fingerprint density at radius 3 is 2.57 bits per heavy atom. The third-order valence-electron chi connectivity index (χ3n) is 7.36. The van der Waals surface area contributed by atoms with Gasteiger partial charge in [0.15, 0.2) is 12.4 Å². The van der Waals surface area contributed by atoms with Crippen LogP contribution >= 0.6 is 27.5 Å². The molecule has 0 saturated carbocycles. The second-order valence-electron chi connectivity index (χ2n) is 13.4. The molecule has 1 atom stereocenters. The van der Waals surface area contributed by atoms with Gasteiger partial charge >= 0.3 is 0 Å². The highest BCUT2D eigenvalue weighted by Gasteiger charge is 2.33. The molecule has 0 aliphatic carbocycles. The van der Waals surface area contributed by atoms with Crippen molar-refractivity contribution in [1.82, 2.24) is 14.3 Å². The van der Waals surface area contributed by atoms with Gasteiger partial charge in [0, 0.05) is 30.6 Å². The van der Waals surface area contributed by atoms with Crippen LogP contribution < -0.4 is 19.8 Å². The van der Waals surface area contributed by atoms with Crippen LogP contribution in [-0.4, -0.2) is 38.7 Å². The first kappa shape index (κ1) is 33.4. The molecule has 1 unspecified atom stereocenters. The lowest BCUT2D eigenvalue weighted by Crippen LogP contribution is -2.47. The molecular formula is C33H39BrFN5O3S. The Morgan fingerprint density at radius 2 is 1.93 bits per heavy atom. The van der Waals surface area contributed by atoms with Gasteiger partial charge in [-0.3, -0.25) is 14.5 Å². The molecule has 0 saturated heterocycles. The maximum absolute atomic E-state index is 14.5. The molecule has 0 fully saturated rings. The minimum absolute atomic E-state index is 0.0244. The van der Waals surface area contributed by atoms with Gasteiger partial charge in [-0.25, -0.2) is 9.38 Å². The van der Waals surface area contributed by atoms with E-state index < -0.39 is 5.82 Å². The number of hydrogen-bond acceptors (Lipinski definition) is 6. The van der Waals surface area contributed by atoms with Crippen molar-refractivity contribution in [1.29, 1.82) is 0 Å². The second kappa shape index (κ2) is 12.9. The van der Waals surface area contributed by atoms with Gasteiger partial charge in [-0.1, -0.05) is 86.8 Å². The molecule has 8 nitrogen and oxygen atoms in total. The Morgan fingerprint density at radius 1 is 1.25 bits per heavy atom. The van der Waals surface area contributed by atoms with E-state index in [1.807, 2.05) is 69.5 Å². The van der Waals surface area contributed by atoms with Crippen LogP contribution in [-0.2, 0) is 28.1 Å². The molecule has 3 heterocycles. The van der Waals surface area contributed by atoms with Gasteiger partial charge in [-0.15, -0.1) is 6.42 Å². The Balaban J connectivity index is 0.000000217. The third kappa shape index (κ3) is 7.59. The SMILES string of the molecule is C#CCN1C(=O)COc2cc(F)c(/N=c3\snc4n3CC(C)(C)C4)cc21.CC(C)(NC(=O)C(Br)C(C)(C)C)c1ccccc1. The summed E-state index contributed by atoms with van der Waals surface area (Å²) in [5.74, 6) is 2.95. The summed E-state index contributed by atoms with van der Waals surface area (Å²) in [6, 6.07) is 12.8. The van der Waals surface area contributed by atoms with E-state index in [-0.39, 0.29) is 51.8 Å². The second-order valence-corrected chi connectivity index (χ2v) is 15.0. The number of aromatic nitrogens is 2. The number of anilines is 1. The Labute approximate surface area is 271 Å². The summed E-state index contributed by atoms with van der Waals surface area (Å²) in [5, 5.41) is 3.09. The highest BCUT2D eigenvalue weighted by atomic mass is 79.9. The lowest BCUT2D eigenvalue weighted by molar-refractivity contribution is -0.123. The van der Waals surface area contributed by atoms with Crippen LogP contribution in [0.15, 0.2) is 47.5 Å². The van der Waals surface area contributed by atoms with Crippen LogP contribution in [0.4, 0.5) is 15.8 Å². The fourth-order valence-corrected chi connectivity index (χ4v) is 5.81. The molecule has 2 aromatic carbocycles. The predicted octanol–water partition coefficient (Wildman–Crippen LogP) is 6.10. The van der Waals surface area contributed by atoms with Crippen LogP contribution in [0.25, 0.3) is 0 Å². The number of alkyl halides is 1. The fraction of sp³-hybridized carbons (Fsp3) is 0.455. The number of fused-ring (bicyclic) bond motifs is 2. The number of nitrogens with zero attached hydrogens (tertiary/aromatic N) is 4. The fourth-order valence-electron chi connectivity index (χ4n) is 4.94. The Hall–Kier alpha value is -3.49. The largest absolute Gasteiger partial charge is 0.481 e.